The van der Waals surface area contributed by atoms with Gasteiger partial charge >= 0.3 is 0 Å². The molecule has 0 saturated carbocycles. The van der Waals surface area contributed by atoms with E-state index >= 15 is 0 Å². The first kappa shape index (κ1) is 17.3. The minimum Gasteiger partial charge on any atom is -0.398 e. The molecule has 0 amide bonds. The van der Waals surface area contributed by atoms with Crippen molar-refractivity contribution in [1.29, 1.82) is 0 Å². The zero-order valence-corrected chi connectivity index (χ0v) is 16.1. The highest BCUT2D eigenvalue weighted by molar-refractivity contribution is 5.91. The highest BCUT2D eigenvalue weighted by atomic mass is 15.5. The highest BCUT2D eigenvalue weighted by Gasteiger charge is 2.38. The maximum atomic E-state index is 6.23. The number of benzene rings is 2. The summed E-state index contributed by atoms with van der Waals surface area (Å²) in [5.41, 5.74) is 11.0. The van der Waals surface area contributed by atoms with Gasteiger partial charge in [-0.3, -0.25) is 0 Å². The Hall–Kier alpha value is -3.08. The summed E-state index contributed by atoms with van der Waals surface area (Å²) in [6, 6.07) is 16.9. The largest absolute Gasteiger partial charge is 0.398 e. The Bertz CT molecular complexity index is 1070. The van der Waals surface area contributed by atoms with Crippen molar-refractivity contribution < 1.29 is 0 Å². The number of nitrogens with two attached hydrogens (primary N) is 1. The fourth-order valence-electron chi connectivity index (χ4n) is 3.96. The third-order valence-electron chi connectivity index (χ3n) is 5.46. The molecular weight excluding hydrogens is 334 g/mol. The molecule has 0 aliphatic rings. The van der Waals surface area contributed by atoms with Crippen molar-refractivity contribution in [2.45, 2.75) is 39.3 Å². The summed E-state index contributed by atoms with van der Waals surface area (Å²) in [7, 11) is 0. The predicted octanol–water partition coefficient (Wildman–Crippen LogP) is 4.35. The minimum absolute atomic E-state index is 0.448. The second-order valence-electron chi connectivity index (χ2n) is 6.96. The van der Waals surface area contributed by atoms with Crippen molar-refractivity contribution in [3.8, 4) is 0 Å². The fourth-order valence-corrected chi connectivity index (χ4v) is 3.96. The molecule has 0 radical (unpaired) electrons. The van der Waals surface area contributed by atoms with E-state index in [9.17, 15) is 0 Å². The molecule has 2 heterocycles. The Balaban J connectivity index is 2.05. The summed E-state index contributed by atoms with van der Waals surface area (Å²) in [5, 5.41) is 10.3. The van der Waals surface area contributed by atoms with Crippen molar-refractivity contribution in [3.05, 3.63) is 77.7 Å². The summed E-state index contributed by atoms with van der Waals surface area (Å²) < 4.78 is 2.30. The lowest BCUT2D eigenvalue weighted by Crippen LogP contribution is -2.36. The Kier molecular flexibility index (Phi) is 4.22. The molecule has 2 aromatic carbocycles. The van der Waals surface area contributed by atoms with Gasteiger partial charge in [-0.15, -0.1) is 0 Å². The molecule has 138 valence electrons. The van der Waals surface area contributed by atoms with E-state index in [0.717, 1.165) is 35.2 Å². The molecule has 2 N–H and O–H groups in total. The first-order valence-corrected chi connectivity index (χ1v) is 9.44. The molecule has 5 heteroatoms. The van der Waals surface area contributed by atoms with Gasteiger partial charge in [-0.2, -0.15) is 15.0 Å². The van der Waals surface area contributed by atoms with Gasteiger partial charge in [-0.1, -0.05) is 42.8 Å². The van der Waals surface area contributed by atoms with Crippen molar-refractivity contribution in [2.75, 3.05) is 5.73 Å². The van der Waals surface area contributed by atoms with E-state index in [4.69, 9.17) is 10.8 Å². The molecule has 0 fully saturated rings. The maximum Gasteiger partial charge on any atom is 0.115 e. The van der Waals surface area contributed by atoms with E-state index in [1.54, 1.807) is 4.80 Å². The van der Waals surface area contributed by atoms with Crippen LogP contribution in [0.1, 0.15) is 37.1 Å². The van der Waals surface area contributed by atoms with Crippen LogP contribution < -0.4 is 5.73 Å². The topological polar surface area (TPSA) is 61.7 Å². The normalized spacial score (nSPS) is 13.7. The molecule has 0 aliphatic carbocycles. The van der Waals surface area contributed by atoms with Crippen LogP contribution in [0.2, 0.25) is 0 Å². The van der Waals surface area contributed by atoms with Gasteiger partial charge in [0, 0.05) is 17.3 Å². The average molecular weight is 359 g/mol. The zero-order valence-electron chi connectivity index (χ0n) is 16.1. The number of aromatic nitrogens is 4. The molecular formula is C22H25N5. The van der Waals surface area contributed by atoms with Crippen molar-refractivity contribution in [1.82, 2.24) is 19.6 Å². The lowest BCUT2D eigenvalue weighted by atomic mass is 9.83. The monoisotopic (exact) mass is 359 g/mol. The van der Waals surface area contributed by atoms with Crippen molar-refractivity contribution in [2.24, 2.45) is 0 Å². The molecule has 2 aromatic heterocycles. The van der Waals surface area contributed by atoms with Crippen LogP contribution in [0.5, 0.6) is 0 Å². The van der Waals surface area contributed by atoms with Gasteiger partial charge in [0.1, 0.15) is 11.2 Å². The van der Waals surface area contributed by atoms with Gasteiger partial charge < -0.3 is 10.3 Å². The molecule has 4 aromatic rings. The van der Waals surface area contributed by atoms with Crippen LogP contribution in [0.25, 0.3) is 10.9 Å². The lowest BCUT2D eigenvalue weighted by Gasteiger charge is -2.34. The SMILES string of the molecule is CCn1ncc(C(CC)(c2ccc(C)cc2)n2ccc3c(N)cccc32)n1. The van der Waals surface area contributed by atoms with Gasteiger partial charge in [-0.25, -0.2) is 0 Å². The van der Waals surface area contributed by atoms with E-state index in [-0.39, 0.29) is 0 Å². The van der Waals surface area contributed by atoms with Gasteiger partial charge in [-0.05, 0) is 44.0 Å². The van der Waals surface area contributed by atoms with Crippen LogP contribution in [-0.2, 0) is 12.1 Å². The van der Waals surface area contributed by atoms with Gasteiger partial charge in [0.15, 0.2) is 0 Å². The van der Waals surface area contributed by atoms with Gasteiger partial charge in [0.25, 0.3) is 0 Å². The fraction of sp³-hybridized carbons (Fsp3) is 0.273. The second-order valence-corrected chi connectivity index (χ2v) is 6.96. The summed E-state index contributed by atoms with van der Waals surface area (Å²) in [6.45, 7) is 7.10. The predicted molar refractivity (Wildman–Crippen MR) is 110 cm³/mol. The minimum atomic E-state index is -0.448. The Morgan fingerprint density at radius 2 is 1.81 bits per heavy atom. The molecule has 5 nitrogen and oxygen atoms in total. The molecule has 27 heavy (non-hydrogen) atoms. The molecule has 0 bridgehead atoms. The first-order chi connectivity index (χ1) is 13.1. The number of nitrogen functional groups attached to an aromatic ring is 1. The second kappa shape index (κ2) is 6.58. The maximum absolute atomic E-state index is 6.23. The Morgan fingerprint density at radius 1 is 1.04 bits per heavy atom. The van der Waals surface area contributed by atoms with E-state index in [1.807, 2.05) is 18.3 Å². The number of hydrogen-bond donors (Lipinski definition) is 1. The zero-order chi connectivity index (χ0) is 19.0. The van der Waals surface area contributed by atoms with Crippen LogP contribution in [0.3, 0.4) is 0 Å². The summed E-state index contributed by atoms with van der Waals surface area (Å²) in [5.74, 6) is 0. The number of nitrogens with zero attached hydrogens (tertiary/aromatic N) is 4. The van der Waals surface area contributed by atoms with Gasteiger partial charge in [0.2, 0.25) is 0 Å². The summed E-state index contributed by atoms with van der Waals surface area (Å²) in [6.07, 6.45) is 4.86. The van der Waals surface area contributed by atoms with Crippen molar-refractivity contribution in [3.63, 3.8) is 0 Å². The van der Waals surface area contributed by atoms with E-state index in [1.165, 1.54) is 11.1 Å². The smallest absolute Gasteiger partial charge is 0.115 e. The Morgan fingerprint density at radius 3 is 2.48 bits per heavy atom. The van der Waals surface area contributed by atoms with E-state index in [2.05, 4.69) is 73.0 Å². The number of rotatable bonds is 5. The van der Waals surface area contributed by atoms with Crippen LogP contribution in [0.15, 0.2) is 60.9 Å². The molecule has 4 rings (SSSR count). The standard InChI is InChI=1S/C22H25N5/c1-4-22(17-11-9-16(3)10-12-17,21-15-24-27(5-2)25-21)26-14-13-18-19(23)7-6-8-20(18)26/h6-15H,4-5,23H2,1-3H3. The number of hydrogen-bond acceptors (Lipinski definition) is 3. The van der Waals surface area contributed by atoms with Crippen LogP contribution in [0.4, 0.5) is 5.69 Å². The molecule has 0 aliphatic heterocycles. The van der Waals surface area contributed by atoms with E-state index in [0.29, 0.717) is 0 Å². The third-order valence-corrected chi connectivity index (χ3v) is 5.46. The average Bonchev–Trinajstić information content (AvgIpc) is 3.33. The summed E-state index contributed by atoms with van der Waals surface area (Å²) in [4.78, 5) is 1.74. The highest BCUT2D eigenvalue weighted by Crippen LogP contribution is 2.39. The van der Waals surface area contributed by atoms with E-state index < -0.39 is 5.54 Å². The molecule has 1 unspecified atom stereocenters. The first-order valence-electron chi connectivity index (χ1n) is 9.44. The molecule has 1 atom stereocenters. The molecule has 0 saturated heterocycles. The van der Waals surface area contributed by atoms with Crippen LogP contribution in [0, 0.1) is 6.92 Å². The third kappa shape index (κ3) is 2.62. The van der Waals surface area contributed by atoms with Crippen LogP contribution >= 0.6 is 0 Å². The quantitative estimate of drug-likeness (QED) is 0.539. The number of aryl methyl sites for hydroxylation is 2. The van der Waals surface area contributed by atoms with Crippen LogP contribution in [-0.4, -0.2) is 19.6 Å². The Labute approximate surface area is 159 Å². The van der Waals surface area contributed by atoms with Gasteiger partial charge in [0.05, 0.1) is 18.3 Å². The molecule has 0 spiro atoms. The number of anilines is 1. The lowest BCUT2D eigenvalue weighted by molar-refractivity contribution is 0.408. The van der Waals surface area contributed by atoms with Crippen molar-refractivity contribution >= 4 is 16.6 Å². The summed E-state index contributed by atoms with van der Waals surface area (Å²) >= 11 is 0. The number of fused-ring (bicyclic) bond motifs is 1.